The SMILES string of the molecule is O=Cc1ccc(Oc2ccccc2F)cc1F. The predicted octanol–water partition coefficient (Wildman–Crippen LogP) is 3.57. The van der Waals surface area contributed by atoms with E-state index >= 15 is 0 Å². The number of para-hydroxylation sites is 1. The molecule has 0 aliphatic heterocycles. The lowest BCUT2D eigenvalue weighted by molar-refractivity contribution is 0.112. The van der Waals surface area contributed by atoms with E-state index in [0.29, 0.717) is 6.29 Å². The van der Waals surface area contributed by atoms with Crippen LogP contribution in [-0.4, -0.2) is 6.29 Å². The summed E-state index contributed by atoms with van der Waals surface area (Å²) in [5.41, 5.74) is -0.0640. The Morgan fingerprint density at radius 3 is 2.41 bits per heavy atom. The monoisotopic (exact) mass is 234 g/mol. The highest BCUT2D eigenvalue weighted by Gasteiger charge is 2.06. The Bertz CT molecular complexity index is 553. The number of rotatable bonds is 3. The number of benzene rings is 2. The lowest BCUT2D eigenvalue weighted by Gasteiger charge is -2.06. The van der Waals surface area contributed by atoms with Crippen molar-refractivity contribution < 1.29 is 18.3 Å². The predicted molar refractivity (Wildman–Crippen MR) is 58.3 cm³/mol. The highest BCUT2D eigenvalue weighted by molar-refractivity contribution is 5.75. The average Bonchev–Trinajstić information content (AvgIpc) is 2.32. The molecule has 0 aliphatic carbocycles. The second kappa shape index (κ2) is 4.74. The highest BCUT2D eigenvalue weighted by Crippen LogP contribution is 2.25. The highest BCUT2D eigenvalue weighted by atomic mass is 19.1. The molecular formula is C13H8F2O2. The van der Waals surface area contributed by atoms with Crippen LogP contribution in [0.5, 0.6) is 11.5 Å². The zero-order valence-corrected chi connectivity index (χ0v) is 8.69. The quantitative estimate of drug-likeness (QED) is 0.759. The first-order valence-electron chi connectivity index (χ1n) is 4.88. The van der Waals surface area contributed by atoms with Gasteiger partial charge in [-0.3, -0.25) is 4.79 Å². The summed E-state index contributed by atoms with van der Waals surface area (Å²) in [5, 5.41) is 0. The van der Waals surface area contributed by atoms with E-state index in [-0.39, 0.29) is 17.1 Å². The molecule has 2 nitrogen and oxygen atoms in total. The summed E-state index contributed by atoms with van der Waals surface area (Å²) in [6.45, 7) is 0. The van der Waals surface area contributed by atoms with E-state index in [1.807, 2.05) is 0 Å². The van der Waals surface area contributed by atoms with Crippen molar-refractivity contribution >= 4 is 6.29 Å². The van der Waals surface area contributed by atoms with E-state index in [4.69, 9.17) is 4.74 Å². The Labute approximate surface area is 96.5 Å². The minimum atomic E-state index is -0.700. The summed E-state index contributed by atoms with van der Waals surface area (Å²) in [7, 11) is 0. The molecule has 0 unspecified atom stereocenters. The zero-order chi connectivity index (χ0) is 12.3. The number of carbonyl (C=O) groups excluding carboxylic acids is 1. The van der Waals surface area contributed by atoms with Gasteiger partial charge in [0.2, 0.25) is 0 Å². The summed E-state index contributed by atoms with van der Waals surface area (Å²) in [6.07, 6.45) is 0.405. The minimum Gasteiger partial charge on any atom is -0.454 e. The molecule has 0 aromatic heterocycles. The molecule has 0 spiro atoms. The van der Waals surface area contributed by atoms with Crippen LogP contribution in [0.25, 0.3) is 0 Å². The Hall–Kier alpha value is -2.23. The fourth-order valence-corrected chi connectivity index (χ4v) is 1.32. The van der Waals surface area contributed by atoms with Crippen LogP contribution in [0.4, 0.5) is 8.78 Å². The van der Waals surface area contributed by atoms with Crippen molar-refractivity contribution in [1.82, 2.24) is 0 Å². The lowest BCUT2D eigenvalue weighted by Crippen LogP contribution is -1.91. The molecule has 0 bridgehead atoms. The maximum Gasteiger partial charge on any atom is 0.165 e. The Kier molecular flexibility index (Phi) is 3.14. The molecule has 0 amide bonds. The smallest absolute Gasteiger partial charge is 0.165 e. The van der Waals surface area contributed by atoms with E-state index < -0.39 is 11.6 Å². The maximum absolute atomic E-state index is 13.2. The summed E-state index contributed by atoms with van der Waals surface area (Å²) >= 11 is 0. The van der Waals surface area contributed by atoms with Gasteiger partial charge in [0.05, 0.1) is 5.56 Å². The Morgan fingerprint density at radius 1 is 1.00 bits per heavy atom. The van der Waals surface area contributed by atoms with Gasteiger partial charge in [0.15, 0.2) is 17.9 Å². The van der Waals surface area contributed by atoms with Crippen molar-refractivity contribution in [3.05, 3.63) is 59.7 Å². The van der Waals surface area contributed by atoms with Crippen LogP contribution >= 0.6 is 0 Å². The van der Waals surface area contributed by atoms with E-state index in [9.17, 15) is 13.6 Å². The molecule has 2 aromatic rings. The second-order valence-electron chi connectivity index (χ2n) is 3.33. The van der Waals surface area contributed by atoms with Crippen LogP contribution in [0.3, 0.4) is 0 Å². The van der Waals surface area contributed by atoms with Gasteiger partial charge in [-0.25, -0.2) is 8.78 Å². The number of aldehydes is 1. The van der Waals surface area contributed by atoms with E-state index in [1.54, 1.807) is 6.07 Å². The minimum absolute atomic E-state index is 0.00533. The van der Waals surface area contributed by atoms with E-state index in [2.05, 4.69) is 0 Å². The van der Waals surface area contributed by atoms with Crippen molar-refractivity contribution in [3.63, 3.8) is 0 Å². The number of hydrogen-bond donors (Lipinski definition) is 0. The molecule has 0 heterocycles. The third kappa shape index (κ3) is 2.47. The molecule has 0 radical (unpaired) electrons. The van der Waals surface area contributed by atoms with Crippen molar-refractivity contribution in [2.24, 2.45) is 0 Å². The first kappa shape index (κ1) is 11.3. The molecule has 2 rings (SSSR count). The fraction of sp³-hybridized carbons (Fsp3) is 0. The van der Waals surface area contributed by atoms with E-state index in [0.717, 1.165) is 6.07 Å². The first-order valence-corrected chi connectivity index (χ1v) is 4.88. The number of carbonyl (C=O) groups is 1. The third-order valence-electron chi connectivity index (χ3n) is 2.16. The summed E-state index contributed by atoms with van der Waals surface area (Å²) in [6, 6.07) is 9.52. The summed E-state index contributed by atoms with van der Waals surface area (Å²) in [5.74, 6) is -1.09. The fourth-order valence-electron chi connectivity index (χ4n) is 1.32. The molecule has 0 aliphatic rings. The van der Waals surface area contributed by atoms with Gasteiger partial charge in [-0.2, -0.15) is 0 Å². The van der Waals surface area contributed by atoms with Crippen molar-refractivity contribution in [2.75, 3.05) is 0 Å². The van der Waals surface area contributed by atoms with Gasteiger partial charge >= 0.3 is 0 Å². The van der Waals surface area contributed by atoms with E-state index in [1.165, 1.54) is 30.3 Å². The maximum atomic E-state index is 13.2. The lowest BCUT2D eigenvalue weighted by atomic mass is 10.2. The largest absolute Gasteiger partial charge is 0.454 e. The van der Waals surface area contributed by atoms with Crippen LogP contribution in [-0.2, 0) is 0 Å². The van der Waals surface area contributed by atoms with Crippen LogP contribution in [0, 0.1) is 11.6 Å². The number of hydrogen-bond acceptors (Lipinski definition) is 2. The van der Waals surface area contributed by atoms with Crippen LogP contribution in [0.1, 0.15) is 10.4 Å². The van der Waals surface area contributed by atoms with Gasteiger partial charge in [0.1, 0.15) is 11.6 Å². The Morgan fingerprint density at radius 2 is 1.76 bits per heavy atom. The molecule has 0 saturated carbocycles. The van der Waals surface area contributed by atoms with Gasteiger partial charge in [-0.15, -0.1) is 0 Å². The normalized spacial score (nSPS) is 10.0. The first-order chi connectivity index (χ1) is 8.20. The van der Waals surface area contributed by atoms with Crippen molar-refractivity contribution in [2.45, 2.75) is 0 Å². The molecule has 86 valence electrons. The van der Waals surface area contributed by atoms with Crippen molar-refractivity contribution in [1.29, 1.82) is 0 Å². The molecule has 0 N–H and O–H groups in total. The molecular weight excluding hydrogens is 226 g/mol. The van der Waals surface area contributed by atoms with Gasteiger partial charge in [-0.05, 0) is 24.3 Å². The van der Waals surface area contributed by atoms with Crippen LogP contribution < -0.4 is 4.74 Å². The van der Waals surface area contributed by atoms with Crippen LogP contribution in [0.15, 0.2) is 42.5 Å². The summed E-state index contributed by atoms with van der Waals surface area (Å²) < 4.78 is 31.7. The van der Waals surface area contributed by atoms with Crippen molar-refractivity contribution in [3.8, 4) is 11.5 Å². The number of ether oxygens (including phenoxy) is 1. The molecule has 4 heteroatoms. The molecule has 0 saturated heterocycles. The molecule has 0 atom stereocenters. The molecule has 2 aromatic carbocycles. The molecule has 0 fully saturated rings. The van der Waals surface area contributed by atoms with Gasteiger partial charge < -0.3 is 4.74 Å². The van der Waals surface area contributed by atoms with Gasteiger partial charge in [0, 0.05) is 6.07 Å². The Balaban J connectivity index is 2.28. The average molecular weight is 234 g/mol. The van der Waals surface area contributed by atoms with Gasteiger partial charge in [0.25, 0.3) is 0 Å². The topological polar surface area (TPSA) is 26.3 Å². The van der Waals surface area contributed by atoms with Crippen LogP contribution in [0.2, 0.25) is 0 Å². The third-order valence-corrected chi connectivity index (χ3v) is 2.16. The zero-order valence-electron chi connectivity index (χ0n) is 8.69. The van der Waals surface area contributed by atoms with Gasteiger partial charge in [-0.1, -0.05) is 12.1 Å². The summed E-state index contributed by atoms with van der Waals surface area (Å²) in [4.78, 5) is 10.4. The second-order valence-corrected chi connectivity index (χ2v) is 3.33. The standard InChI is InChI=1S/C13H8F2O2/c14-11-3-1-2-4-13(11)17-10-6-5-9(8-16)12(15)7-10/h1-8H. The molecule has 17 heavy (non-hydrogen) atoms. The number of halogens is 2.